The Labute approximate surface area is 112 Å². The van der Waals surface area contributed by atoms with Gasteiger partial charge in [-0.05, 0) is 17.9 Å². The summed E-state index contributed by atoms with van der Waals surface area (Å²) >= 11 is 1.42. The first-order valence-corrected chi connectivity index (χ1v) is 7.01. The van der Waals surface area contributed by atoms with Crippen LogP contribution in [0.5, 0.6) is 0 Å². The van der Waals surface area contributed by atoms with E-state index >= 15 is 0 Å². The van der Waals surface area contributed by atoms with Gasteiger partial charge in [0.25, 0.3) is 5.91 Å². The molecule has 1 amide bonds. The minimum Gasteiger partial charge on any atom is -0.395 e. The molecule has 0 saturated carbocycles. The highest BCUT2D eigenvalue weighted by molar-refractivity contribution is 7.12. The van der Waals surface area contributed by atoms with Crippen LogP contribution in [0.3, 0.4) is 0 Å². The molecule has 0 fully saturated rings. The minimum absolute atomic E-state index is 0.0340. The van der Waals surface area contributed by atoms with Crippen molar-refractivity contribution in [2.24, 2.45) is 0 Å². The number of hydrogen-bond acceptors (Lipinski definition) is 3. The Kier molecular flexibility index (Phi) is 6.48. The number of aliphatic hydroxyl groups excluding tert-OH is 1. The molecule has 4 heteroatoms. The number of hydrogen-bond donors (Lipinski definition) is 1. The van der Waals surface area contributed by atoms with Gasteiger partial charge in [-0.2, -0.15) is 0 Å². The van der Waals surface area contributed by atoms with Crippen molar-refractivity contribution < 1.29 is 9.90 Å². The van der Waals surface area contributed by atoms with Gasteiger partial charge in [0, 0.05) is 25.6 Å². The standard InChI is InChI=1S/C14H19NO2S/c1-3-4-9-15(2)14(17)13-12(8-11-18-13)7-5-6-10-16/h8,11,16H,3-4,6,9-10H2,1-2H3. The Hall–Kier alpha value is -1.31. The summed E-state index contributed by atoms with van der Waals surface area (Å²) in [5.41, 5.74) is 0.766. The highest BCUT2D eigenvalue weighted by Crippen LogP contribution is 2.18. The molecular formula is C14H19NO2S. The van der Waals surface area contributed by atoms with Gasteiger partial charge in [-0.3, -0.25) is 4.79 Å². The first-order valence-electron chi connectivity index (χ1n) is 6.13. The Morgan fingerprint density at radius 2 is 2.33 bits per heavy atom. The van der Waals surface area contributed by atoms with Crippen molar-refractivity contribution in [2.45, 2.75) is 26.2 Å². The average Bonchev–Trinajstić information content (AvgIpc) is 2.83. The van der Waals surface area contributed by atoms with Crippen molar-refractivity contribution in [3.05, 3.63) is 21.9 Å². The average molecular weight is 265 g/mol. The van der Waals surface area contributed by atoms with E-state index in [1.807, 2.05) is 18.5 Å². The highest BCUT2D eigenvalue weighted by Gasteiger charge is 2.15. The van der Waals surface area contributed by atoms with Gasteiger partial charge in [0.2, 0.25) is 0 Å². The number of aliphatic hydroxyl groups is 1. The topological polar surface area (TPSA) is 40.5 Å². The number of rotatable bonds is 5. The molecular weight excluding hydrogens is 246 g/mol. The molecule has 1 heterocycles. The van der Waals surface area contributed by atoms with Crippen LogP contribution in [-0.4, -0.2) is 36.1 Å². The van der Waals surface area contributed by atoms with E-state index < -0.39 is 0 Å². The Morgan fingerprint density at radius 3 is 3.00 bits per heavy atom. The lowest BCUT2D eigenvalue weighted by Gasteiger charge is -2.15. The van der Waals surface area contributed by atoms with Crippen molar-refractivity contribution in [1.29, 1.82) is 0 Å². The van der Waals surface area contributed by atoms with Gasteiger partial charge in [-0.25, -0.2) is 0 Å². The molecule has 0 aliphatic carbocycles. The van der Waals surface area contributed by atoms with Crippen LogP contribution in [0.15, 0.2) is 11.4 Å². The van der Waals surface area contributed by atoms with E-state index in [0.29, 0.717) is 11.3 Å². The second-order valence-corrected chi connectivity index (χ2v) is 4.94. The second kappa shape index (κ2) is 7.91. The van der Waals surface area contributed by atoms with Gasteiger partial charge < -0.3 is 10.0 Å². The lowest BCUT2D eigenvalue weighted by Crippen LogP contribution is -2.27. The third-order valence-corrected chi connectivity index (χ3v) is 3.42. The molecule has 3 nitrogen and oxygen atoms in total. The SMILES string of the molecule is CCCCN(C)C(=O)c1sccc1C#CCCO. The summed E-state index contributed by atoms with van der Waals surface area (Å²) in [4.78, 5) is 14.6. The van der Waals surface area contributed by atoms with E-state index in [1.54, 1.807) is 4.90 Å². The minimum atomic E-state index is 0.0340. The van der Waals surface area contributed by atoms with Crippen LogP contribution < -0.4 is 0 Å². The second-order valence-electron chi connectivity index (χ2n) is 4.02. The Balaban J connectivity index is 2.75. The van der Waals surface area contributed by atoms with Crippen LogP contribution >= 0.6 is 11.3 Å². The van der Waals surface area contributed by atoms with Crippen LogP contribution in [0.1, 0.15) is 41.4 Å². The number of carbonyl (C=O) groups is 1. The number of unbranched alkanes of at least 4 members (excludes halogenated alkanes) is 1. The summed E-state index contributed by atoms with van der Waals surface area (Å²) < 4.78 is 0. The van der Waals surface area contributed by atoms with Gasteiger partial charge >= 0.3 is 0 Å². The zero-order chi connectivity index (χ0) is 13.4. The zero-order valence-electron chi connectivity index (χ0n) is 10.9. The molecule has 1 aromatic heterocycles. The molecule has 0 bridgehead atoms. The highest BCUT2D eigenvalue weighted by atomic mass is 32.1. The number of carbonyl (C=O) groups excluding carboxylic acids is 1. The Bertz CT molecular complexity index is 442. The molecule has 98 valence electrons. The molecule has 0 spiro atoms. The summed E-state index contributed by atoms with van der Waals surface area (Å²) in [7, 11) is 1.82. The monoisotopic (exact) mass is 265 g/mol. The molecule has 1 N–H and O–H groups in total. The van der Waals surface area contributed by atoms with Crippen molar-refractivity contribution in [1.82, 2.24) is 4.90 Å². The Morgan fingerprint density at radius 1 is 1.56 bits per heavy atom. The molecule has 0 unspecified atom stereocenters. The van der Waals surface area contributed by atoms with E-state index in [-0.39, 0.29) is 12.5 Å². The van der Waals surface area contributed by atoms with E-state index in [2.05, 4.69) is 18.8 Å². The first kappa shape index (κ1) is 14.7. The molecule has 0 saturated heterocycles. The van der Waals surface area contributed by atoms with Gasteiger partial charge in [0.15, 0.2) is 0 Å². The van der Waals surface area contributed by atoms with Crippen LogP contribution in [0.4, 0.5) is 0 Å². The molecule has 1 rings (SSSR count). The van der Waals surface area contributed by atoms with Crippen molar-refractivity contribution in [3.63, 3.8) is 0 Å². The third kappa shape index (κ3) is 4.17. The summed E-state index contributed by atoms with van der Waals surface area (Å²) in [5.74, 6) is 5.82. The van der Waals surface area contributed by atoms with E-state index in [1.165, 1.54) is 11.3 Å². The summed E-state index contributed by atoms with van der Waals surface area (Å²) in [5, 5.41) is 10.6. The van der Waals surface area contributed by atoms with E-state index in [4.69, 9.17) is 5.11 Å². The fourth-order valence-corrected chi connectivity index (χ4v) is 2.30. The predicted octanol–water partition coefficient (Wildman–Crippen LogP) is 2.35. The fraction of sp³-hybridized carbons (Fsp3) is 0.500. The van der Waals surface area contributed by atoms with Crippen LogP contribution in [0, 0.1) is 11.8 Å². The quantitative estimate of drug-likeness (QED) is 0.830. The summed E-state index contributed by atoms with van der Waals surface area (Å²) in [6, 6.07) is 1.86. The van der Waals surface area contributed by atoms with Gasteiger partial charge in [-0.15, -0.1) is 11.3 Å². The summed E-state index contributed by atoms with van der Waals surface area (Å²) in [6.07, 6.45) is 2.53. The first-order chi connectivity index (χ1) is 8.70. The van der Waals surface area contributed by atoms with Crippen molar-refractivity contribution >= 4 is 17.2 Å². The van der Waals surface area contributed by atoms with Gasteiger partial charge in [-0.1, -0.05) is 25.2 Å². The molecule has 0 aromatic carbocycles. The van der Waals surface area contributed by atoms with Gasteiger partial charge in [0.1, 0.15) is 4.88 Å². The molecule has 1 aromatic rings. The van der Waals surface area contributed by atoms with E-state index in [9.17, 15) is 4.79 Å². The van der Waals surface area contributed by atoms with Gasteiger partial charge in [0.05, 0.1) is 6.61 Å². The normalized spacial score (nSPS) is 9.72. The number of amides is 1. The third-order valence-electron chi connectivity index (χ3n) is 2.51. The lowest BCUT2D eigenvalue weighted by atomic mass is 10.2. The largest absolute Gasteiger partial charge is 0.395 e. The van der Waals surface area contributed by atoms with Crippen molar-refractivity contribution in [2.75, 3.05) is 20.2 Å². The number of thiophene rings is 1. The molecule has 0 aliphatic heterocycles. The van der Waals surface area contributed by atoms with Crippen molar-refractivity contribution in [3.8, 4) is 11.8 Å². The van der Waals surface area contributed by atoms with E-state index in [0.717, 1.165) is 24.9 Å². The maximum atomic E-state index is 12.2. The predicted molar refractivity (Wildman–Crippen MR) is 74.8 cm³/mol. The zero-order valence-corrected chi connectivity index (χ0v) is 11.7. The molecule has 0 radical (unpaired) electrons. The molecule has 0 aliphatic rings. The van der Waals surface area contributed by atoms with Crippen LogP contribution in [-0.2, 0) is 0 Å². The molecule has 0 atom stereocenters. The fourth-order valence-electron chi connectivity index (χ4n) is 1.46. The molecule has 18 heavy (non-hydrogen) atoms. The number of nitrogens with zero attached hydrogens (tertiary/aromatic N) is 1. The summed E-state index contributed by atoms with van der Waals surface area (Å²) in [6.45, 7) is 2.93. The van der Waals surface area contributed by atoms with Crippen LogP contribution in [0.25, 0.3) is 0 Å². The smallest absolute Gasteiger partial charge is 0.264 e. The maximum Gasteiger partial charge on any atom is 0.264 e. The van der Waals surface area contributed by atoms with Crippen LogP contribution in [0.2, 0.25) is 0 Å². The maximum absolute atomic E-state index is 12.2. The lowest BCUT2D eigenvalue weighted by molar-refractivity contribution is 0.0798.